The van der Waals surface area contributed by atoms with Gasteiger partial charge in [0.05, 0.1) is 13.2 Å². The molecule has 0 saturated carbocycles. The lowest BCUT2D eigenvalue weighted by molar-refractivity contribution is 0.0890. The molecule has 0 bridgehead atoms. The van der Waals surface area contributed by atoms with Crippen molar-refractivity contribution in [2.45, 2.75) is 13.0 Å². The summed E-state index contributed by atoms with van der Waals surface area (Å²) in [7, 11) is 1.81. The number of fused-ring (bicyclic) bond motifs is 1. The fourth-order valence-electron chi connectivity index (χ4n) is 1.68. The van der Waals surface area contributed by atoms with E-state index in [9.17, 15) is 4.79 Å². The van der Waals surface area contributed by atoms with Crippen LogP contribution in [-0.4, -0.2) is 48.8 Å². The molecule has 5 nitrogen and oxygen atoms in total. The molecule has 98 valence electrons. The lowest BCUT2D eigenvalue weighted by atomic mass is 10.1. The number of aliphatic hydroxyl groups is 1. The van der Waals surface area contributed by atoms with E-state index in [-0.39, 0.29) is 31.8 Å². The highest BCUT2D eigenvalue weighted by Crippen LogP contribution is 2.32. The number of hydrogen-bond donors (Lipinski definition) is 1. The molecule has 1 aliphatic rings. The van der Waals surface area contributed by atoms with Crippen LogP contribution in [0.15, 0.2) is 18.2 Å². The fourth-order valence-corrected chi connectivity index (χ4v) is 1.68. The maximum Gasteiger partial charge on any atom is 0.231 e. The van der Waals surface area contributed by atoms with Gasteiger partial charge in [0.2, 0.25) is 6.79 Å². The minimum absolute atomic E-state index is 0.00361. The summed E-state index contributed by atoms with van der Waals surface area (Å²) in [6, 6.07) is 5.13. The van der Waals surface area contributed by atoms with Crippen molar-refractivity contribution in [1.29, 1.82) is 0 Å². The molecule has 0 fully saturated rings. The van der Waals surface area contributed by atoms with Gasteiger partial charge in [0.1, 0.15) is 0 Å². The van der Waals surface area contributed by atoms with E-state index in [1.54, 1.807) is 18.2 Å². The molecular formula is C13H17NO4. The van der Waals surface area contributed by atoms with Gasteiger partial charge in [-0.3, -0.25) is 9.69 Å². The summed E-state index contributed by atoms with van der Waals surface area (Å²) >= 11 is 0. The molecule has 1 unspecified atom stereocenters. The molecule has 0 spiro atoms. The molecule has 0 aromatic heterocycles. The number of carbonyl (C=O) groups is 1. The van der Waals surface area contributed by atoms with Crippen molar-refractivity contribution in [2.75, 3.05) is 27.0 Å². The van der Waals surface area contributed by atoms with Crippen LogP contribution < -0.4 is 9.47 Å². The molecule has 0 aliphatic carbocycles. The number of likely N-dealkylation sites (N-methyl/N-ethyl adjacent to an activating group) is 1. The van der Waals surface area contributed by atoms with Gasteiger partial charge in [-0.2, -0.15) is 0 Å². The second-order valence-corrected chi connectivity index (χ2v) is 4.44. The van der Waals surface area contributed by atoms with Gasteiger partial charge in [-0.25, -0.2) is 0 Å². The van der Waals surface area contributed by atoms with Gasteiger partial charge in [-0.15, -0.1) is 0 Å². The van der Waals surface area contributed by atoms with Crippen molar-refractivity contribution in [3.63, 3.8) is 0 Å². The van der Waals surface area contributed by atoms with E-state index in [1.165, 1.54) is 0 Å². The molecule has 1 aromatic carbocycles. The highest BCUT2D eigenvalue weighted by atomic mass is 16.7. The van der Waals surface area contributed by atoms with Crippen molar-refractivity contribution in [3.8, 4) is 11.5 Å². The zero-order valence-electron chi connectivity index (χ0n) is 10.5. The largest absolute Gasteiger partial charge is 0.454 e. The predicted octanol–water partition coefficient (Wildman–Crippen LogP) is 0.911. The van der Waals surface area contributed by atoms with Crippen LogP contribution in [0.25, 0.3) is 0 Å². The number of aliphatic hydroxyl groups excluding tert-OH is 1. The first kappa shape index (κ1) is 12.9. The Kier molecular flexibility index (Phi) is 3.84. The van der Waals surface area contributed by atoms with E-state index in [0.717, 1.165) is 0 Å². The first-order valence-electron chi connectivity index (χ1n) is 5.85. The number of nitrogens with zero attached hydrogens (tertiary/aromatic N) is 1. The smallest absolute Gasteiger partial charge is 0.231 e. The minimum atomic E-state index is -0.0389. The topological polar surface area (TPSA) is 59.0 Å². The quantitative estimate of drug-likeness (QED) is 0.788. The Hall–Kier alpha value is -1.59. The van der Waals surface area contributed by atoms with Crippen LogP contribution >= 0.6 is 0 Å². The molecule has 18 heavy (non-hydrogen) atoms. The Balaban J connectivity index is 2.05. The molecule has 2 rings (SSSR count). The summed E-state index contributed by atoms with van der Waals surface area (Å²) in [6.45, 7) is 2.37. The van der Waals surface area contributed by atoms with E-state index in [2.05, 4.69) is 0 Å². The van der Waals surface area contributed by atoms with Crippen LogP contribution in [0.3, 0.4) is 0 Å². The van der Waals surface area contributed by atoms with E-state index >= 15 is 0 Å². The maximum absolute atomic E-state index is 12.1. The molecular weight excluding hydrogens is 234 g/mol. The molecule has 1 aromatic rings. The average molecular weight is 251 g/mol. The van der Waals surface area contributed by atoms with Crippen molar-refractivity contribution >= 4 is 5.78 Å². The third-order valence-electron chi connectivity index (χ3n) is 3.10. The average Bonchev–Trinajstić information content (AvgIpc) is 2.84. The summed E-state index contributed by atoms with van der Waals surface area (Å²) in [5.74, 6) is 1.28. The van der Waals surface area contributed by atoms with Gasteiger partial charge in [0.25, 0.3) is 0 Å². The SMILES string of the molecule is CC(CO)N(C)CC(=O)c1ccc2c(c1)OCO2. The zero-order valence-corrected chi connectivity index (χ0v) is 10.5. The molecule has 5 heteroatoms. The third-order valence-corrected chi connectivity index (χ3v) is 3.10. The van der Waals surface area contributed by atoms with Gasteiger partial charge in [0, 0.05) is 11.6 Å². The monoisotopic (exact) mass is 251 g/mol. The Bertz CT molecular complexity index is 447. The van der Waals surface area contributed by atoms with Crippen LogP contribution in [0.5, 0.6) is 11.5 Å². The van der Waals surface area contributed by atoms with Crippen LogP contribution in [0.4, 0.5) is 0 Å². The number of hydrogen-bond acceptors (Lipinski definition) is 5. The number of Topliss-reactive ketones (excluding diaryl/α,β-unsaturated/α-hetero) is 1. The first-order chi connectivity index (χ1) is 8.61. The normalized spacial score (nSPS) is 14.9. The standard InChI is InChI=1S/C13H17NO4/c1-9(7-15)14(2)6-11(16)10-3-4-12-13(5-10)18-8-17-12/h3-5,9,15H,6-8H2,1-2H3. The van der Waals surface area contributed by atoms with Gasteiger partial charge >= 0.3 is 0 Å². The highest BCUT2D eigenvalue weighted by molar-refractivity contribution is 5.98. The predicted molar refractivity (Wildman–Crippen MR) is 66.1 cm³/mol. The Morgan fingerprint density at radius 1 is 1.44 bits per heavy atom. The van der Waals surface area contributed by atoms with Gasteiger partial charge in [-0.1, -0.05) is 0 Å². The second kappa shape index (κ2) is 5.37. The molecule has 1 aliphatic heterocycles. The van der Waals surface area contributed by atoms with Crippen LogP contribution in [0.2, 0.25) is 0 Å². The lowest BCUT2D eigenvalue weighted by Gasteiger charge is -2.21. The summed E-state index contributed by atoms with van der Waals surface area (Å²) in [4.78, 5) is 13.9. The van der Waals surface area contributed by atoms with Crippen molar-refractivity contribution in [2.24, 2.45) is 0 Å². The van der Waals surface area contributed by atoms with Crippen LogP contribution in [-0.2, 0) is 0 Å². The van der Waals surface area contributed by atoms with Gasteiger partial charge < -0.3 is 14.6 Å². The number of ether oxygens (including phenoxy) is 2. The minimum Gasteiger partial charge on any atom is -0.454 e. The Morgan fingerprint density at radius 3 is 2.89 bits per heavy atom. The molecule has 0 radical (unpaired) electrons. The number of rotatable bonds is 5. The van der Waals surface area contributed by atoms with Crippen molar-refractivity contribution < 1.29 is 19.4 Å². The van der Waals surface area contributed by atoms with Crippen LogP contribution in [0.1, 0.15) is 17.3 Å². The second-order valence-electron chi connectivity index (χ2n) is 4.44. The zero-order chi connectivity index (χ0) is 13.1. The fraction of sp³-hybridized carbons (Fsp3) is 0.462. The van der Waals surface area contributed by atoms with E-state index < -0.39 is 0 Å². The maximum atomic E-state index is 12.1. The Morgan fingerprint density at radius 2 is 2.17 bits per heavy atom. The molecule has 1 N–H and O–H groups in total. The summed E-state index contributed by atoms with van der Waals surface area (Å²) in [5.41, 5.74) is 0.594. The van der Waals surface area contributed by atoms with Gasteiger partial charge in [-0.05, 0) is 32.2 Å². The molecule has 1 heterocycles. The highest BCUT2D eigenvalue weighted by Gasteiger charge is 2.18. The van der Waals surface area contributed by atoms with Crippen LogP contribution in [0, 0.1) is 0 Å². The Labute approximate surface area is 106 Å². The number of ketones is 1. The van der Waals surface area contributed by atoms with E-state index in [0.29, 0.717) is 17.1 Å². The van der Waals surface area contributed by atoms with Crippen molar-refractivity contribution in [1.82, 2.24) is 4.90 Å². The number of carbonyl (C=O) groups excluding carboxylic acids is 1. The third kappa shape index (κ3) is 2.63. The number of benzene rings is 1. The lowest BCUT2D eigenvalue weighted by Crippen LogP contribution is -2.36. The molecule has 0 saturated heterocycles. The van der Waals surface area contributed by atoms with Crippen molar-refractivity contribution in [3.05, 3.63) is 23.8 Å². The summed E-state index contributed by atoms with van der Waals surface area (Å²) < 4.78 is 10.4. The summed E-state index contributed by atoms with van der Waals surface area (Å²) in [6.07, 6.45) is 0. The van der Waals surface area contributed by atoms with Gasteiger partial charge in [0.15, 0.2) is 17.3 Å². The summed E-state index contributed by atoms with van der Waals surface area (Å²) in [5, 5.41) is 9.03. The molecule has 1 atom stereocenters. The van der Waals surface area contributed by atoms with E-state index in [4.69, 9.17) is 14.6 Å². The van der Waals surface area contributed by atoms with E-state index in [1.807, 2.05) is 18.9 Å². The molecule has 0 amide bonds. The first-order valence-corrected chi connectivity index (χ1v) is 5.85.